The first-order valence-corrected chi connectivity index (χ1v) is 9.64. The fraction of sp³-hybridized carbons (Fsp3) is 0.524. The molecule has 1 spiro atoms. The molecule has 26 heavy (non-hydrogen) atoms. The largest absolute Gasteiger partial charge is 0.497 e. The Morgan fingerprint density at radius 3 is 2.35 bits per heavy atom. The van der Waals surface area contributed by atoms with E-state index in [-0.39, 0.29) is 0 Å². The molecule has 3 heterocycles. The van der Waals surface area contributed by atoms with E-state index in [4.69, 9.17) is 4.74 Å². The lowest BCUT2D eigenvalue weighted by molar-refractivity contribution is 0.0755. The summed E-state index contributed by atoms with van der Waals surface area (Å²) in [6, 6.07) is 10.3. The Morgan fingerprint density at radius 1 is 0.962 bits per heavy atom. The van der Waals surface area contributed by atoms with Crippen molar-refractivity contribution in [2.45, 2.75) is 32.2 Å². The van der Waals surface area contributed by atoms with Gasteiger partial charge in [0.2, 0.25) is 5.95 Å². The molecular weight excluding hydrogens is 324 g/mol. The second-order valence-corrected chi connectivity index (χ2v) is 7.66. The van der Waals surface area contributed by atoms with Crippen LogP contribution in [0.4, 0.5) is 5.95 Å². The van der Waals surface area contributed by atoms with Crippen molar-refractivity contribution in [2.24, 2.45) is 5.41 Å². The standard InChI is InChI=1S/C21H28N4O/c1-26-19-5-2-4-18(16-19)17-24-12-6-21(7-13-24)8-14-25(15-9-21)20-22-10-3-11-23-20/h2-5,10-11,16H,6-9,12-15,17H2,1H3. The molecule has 0 atom stereocenters. The zero-order valence-electron chi connectivity index (χ0n) is 15.6. The Balaban J connectivity index is 1.30. The molecule has 5 nitrogen and oxygen atoms in total. The van der Waals surface area contributed by atoms with Gasteiger partial charge < -0.3 is 9.64 Å². The smallest absolute Gasteiger partial charge is 0.225 e. The zero-order chi connectivity index (χ0) is 17.8. The second-order valence-electron chi connectivity index (χ2n) is 7.66. The quantitative estimate of drug-likeness (QED) is 0.844. The van der Waals surface area contributed by atoms with Crippen LogP contribution in [0.2, 0.25) is 0 Å². The SMILES string of the molecule is COc1cccc(CN2CCC3(CC2)CCN(c2ncccn2)CC3)c1. The Hall–Kier alpha value is -2.14. The molecule has 2 aliphatic heterocycles. The van der Waals surface area contributed by atoms with Gasteiger partial charge in [0, 0.05) is 32.0 Å². The minimum atomic E-state index is 0.524. The summed E-state index contributed by atoms with van der Waals surface area (Å²) in [4.78, 5) is 13.7. The molecule has 0 bridgehead atoms. The van der Waals surface area contributed by atoms with Crippen LogP contribution >= 0.6 is 0 Å². The van der Waals surface area contributed by atoms with Crippen LogP contribution in [0.25, 0.3) is 0 Å². The number of ether oxygens (including phenoxy) is 1. The fourth-order valence-corrected chi connectivity index (χ4v) is 4.35. The van der Waals surface area contributed by atoms with Crippen LogP contribution in [-0.4, -0.2) is 48.2 Å². The normalized spacial score (nSPS) is 20.3. The van der Waals surface area contributed by atoms with Crippen molar-refractivity contribution in [1.29, 1.82) is 0 Å². The van der Waals surface area contributed by atoms with Crippen molar-refractivity contribution in [1.82, 2.24) is 14.9 Å². The molecule has 0 radical (unpaired) electrons. The molecule has 1 aromatic heterocycles. The Bertz CT molecular complexity index is 703. The highest BCUT2D eigenvalue weighted by molar-refractivity contribution is 5.30. The second kappa shape index (κ2) is 7.62. The molecule has 0 unspecified atom stereocenters. The molecule has 138 valence electrons. The summed E-state index contributed by atoms with van der Waals surface area (Å²) >= 11 is 0. The zero-order valence-corrected chi connectivity index (χ0v) is 15.6. The lowest BCUT2D eigenvalue weighted by Gasteiger charge is -2.47. The van der Waals surface area contributed by atoms with E-state index in [9.17, 15) is 0 Å². The maximum atomic E-state index is 5.35. The number of nitrogens with zero attached hydrogens (tertiary/aromatic N) is 4. The van der Waals surface area contributed by atoms with Crippen molar-refractivity contribution >= 4 is 5.95 Å². The molecule has 0 N–H and O–H groups in total. The first-order valence-electron chi connectivity index (χ1n) is 9.64. The highest BCUT2D eigenvalue weighted by atomic mass is 16.5. The lowest BCUT2D eigenvalue weighted by atomic mass is 9.71. The molecule has 5 heteroatoms. The maximum absolute atomic E-state index is 5.35. The number of hydrogen-bond donors (Lipinski definition) is 0. The molecule has 2 aromatic rings. The van der Waals surface area contributed by atoms with Crippen molar-refractivity contribution in [3.05, 3.63) is 48.3 Å². The monoisotopic (exact) mass is 352 g/mol. The molecule has 2 saturated heterocycles. The lowest BCUT2D eigenvalue weighted by Crippen LogP contribution is -2.47. The van der Waals surface area contributed by atoms with Crippen LogP contribution in [-0.2, 0) is 6.54 Å². The van der Waals surface area contributed by atoms with E-state index in [0.717, 1.165) is 31.3 Å². The number of aromatic nitrogens is 2. The molecule has 0 amide bonds. The number of methoxy groups -OCH3 is 1. The van der Waals surface area contributed by atoms with Gasteiger partial charge in [-0.3, -0.25) is 4.90 Å². The van der Waals surface area contributed by atoms with E-state index >= 15 is 0 Å². The summed E-state index contributed by atoms with van der Waals surface area (Å²) < 4.78 is 5.35. The Kier molecular flexibility index (Phi) is 5.07. The van der Waals surface area contributed by atoms with E-state index in [2.05, 4.69) is 38.0 Å². The number of likely N-dealkylation sites (tertiary alicyclic amines) is 1. The molecule has 1 aromatic carbocycles. The molecule has 0 saturated carbocycles. The maximum Gasteiger partial charge on any atom is 0.225 e. The predicted octanol–water partition coefficient (Wildman–Crippen LogP) is 3.37. The average Bonchev–Trinajstić information content (AvgIpc) is 2.71. The van der Waals surface area contributed by atoms with E-state index in [1.54, 1.807) is 7.11 Å². The summed E-state index contributed by atoms with van der Waals surface area (Å²) in [5.74, 6) is 1.84. The van der Waals surface area contributed by atoms with Gasteiger partial charge in [-0.2, -0.15) is 0 Å². The topological polar surface area (TPSA) is 41.5 Å². The highest BCUT2D eigenvalue weighted by Gasteiger charge is 2.37. The summed E-state index contributed by atoms with van der Waals surface area (Å²) in [5, 5.41) is 0. The average molecular weight is 352 g/mol. The molecule has 4 rings (SSSR count). The van der Waals surface area contributed by atoms with Gasteiger partial charge in [-0.15, -0.1) is 0 Å². The number of hydrogen-bond acceptors (Lipinski definition) is 5. The van der Waals surface area contributed by atoms with Crippen LogP contribution in [0, 0.1) is 5.41 Å². The van der Waals surface area contributed by atoms with Crippen molar-refractivity contribution < 1.29 is 4.74 Å². The van der Waals surface area contributed by atoms with Crippen molar-refractivity contribution in [3.8, 4) is 5.75 Å². The molecule has 0 aliphatic carbocycles. The summed E-state index contributed by atoms with van der Waals surface area (Å²) in [6.07, 6.45) is 8.81. The first kappa shape index (κ1) is 17.3. The Morgan fingerprint density at radius 2 is 1.65 bits per heavy atom. The van der Waals surface area contributed by atoms with Gasteiger partial charge in [-0.1, -0.05) is 12.1 Å². The number of benzene rings is 1. The number of piperidine rings is 2. The molecule has 2 fully saturated rings. The van der Waals surface area contributed by atoms with Crippen LogP contribution in [0.15, 0.2) is 42.7 Å². The molecule has 2 aliphatic rings. The van der Waals surface area contributed by atoms with Crippen molar-refractivity contribution in [3.63, 3.8) is 0 Å². The number of anilines is 1. The van der Waals surface area contributed by atoms with Gasteiger partial charge in [0.15, 0.2) is 0 Å². The van der Waals surface area contributed by atoms with Gasteiger partial charge in [-0.25, -0.2) is 9.97 Å². The van der Waals surface area contributed by atoms with E-state index < -0.39 is 0 Å². The van der Waals surface area contributed by atoms with Crippen LogP contribution in [0.3, 0.4) is 0 Å². The minimum Gasteiger partial charge on any atom is -0.497 e. The third-order valence-corrected chi connectivity index (χ3v) is 6.12. The van der Waals surface area contributed by atoms with Crippen LogP contribution in [0.5, 0.6) is 5.75 Å². The van der Waals surface area contributed by atoms with E-state index in [1.807, 2.05) is 24.5 Å². The predicted molar refractivity (Wildman–Crippen MR) is 103 cm³/mol. The number of rotatable bonds is 4. The summed E-state index contributed by atoms with van der Waals surface area (Å²) in [5.41, 5.74) is 1.87. The van der Waals surface area contributed by atoms with Gasteiger partial charge in [0.05, 0.1) is 7.11 Å². The summed E-state index contributed by atoms with van der Waals surface area (Å²) in [7, 11) is 1.73. The Labute approximate surface area is 156 Å². The van der Waals surface area contributed by atoms with Crippen LogP contribution < -0.4 is 9.64 Å². The van der Waals surface area contributed by atoms with Gasteiger partial charge in [0.1, 0.15) is 5.75 Å². The molecular formula is C21H28N4O. The fourth-order valence-electron chi connectivity index (χ4n) is 4.35. The summed E-state index contributed by atoms with van der Waals surface area (Å²) in [6.45, 7) is 5.58. The van der Waals surface area contributed by atoms with Gasteiger partial charge in [0.25, 0.3) is 0 Å². The van der Waals surface area contributed by atoms with E-state index in [0.29, 0.717) is 5.41 Å². The third kappa shape index (κ3) is 3.83. The first-order chi connectivity index (χ1) is 12.8. The highest BCUT2D eigenvalue weighted by Crippen LogP contribution is 2.42. The third-order valence-electron chi connectivity index (χ3n) is 6.12. The minimum absolute atomic E-state index is 0.524. The van der Waals surface area contributed by atoms with Crippen LogP contribution in [0.1, 0.15) is 31.2 Å². The van der Waals surface area contributed by atoms with Gasteiger partial charge in [-0.05, 0) is 68.0 Å². The van der Waals surface area contributed by atoms with E-state index in [1.165, 1.54) is 44.3 Å². The van der Waals surface area contributed by atoms with Gasteiger partial charge >= 0.3 is 0 Å². The van der Waals surface area contributed by atoms with Crippen molar-refractivity contribution in [2.75, 3.05) is 38.2 Å².